The van der Waals surface area contributed by atoms with Gasteiger partial charge in [-0.15, -0.1) is 0 Å². The molecule has 1 atom stereocenters. The van der Waals surface area contributed by atoms with Crippen molar-refractivity contribution in [1.82, 2.24) is 0 Å². The smallest absolute Gasteiger partial charge is 0.146 e. The van der Waals surface area contributed by atoms with E-state index in [4.69, 9.17) is 9.16 Å². The summed E-state index contributed by atoms with van der Waals surface area (Å²) in [5, 5.41) is 0. The van der Waals surface area contributed by atoms with Gasteiger partial charge in [-0.2, -0.15) is 0 Å². The van der Waals surface area contributed by atoms with E-state index in [1.807, 2.05) is 0 Å². The van der Waals surface area contributed by atoms with Crippen molar-refractivity contribution < 1.29 is 9.16 Å². The molecule has 0 N–H and O–H groups in total. The number of ether oxygens (including phenoxy) is 1. The summed E-state index contributed by atoms with van der Waals surface area (Å²) in [7, 11) is 2.60. The number of methoxy groups -OCH3 is 1. The molecule has 0 aliphatic carbocycles. The highest BCUT2D eigenvalue weighted by Crippen LogP contribution is 2.15. The van der Waals surface area contributed by atoms with Gasteiger partial charge in [0.1, 0.15) is 10.5 Å². The molecule has 1 unspecified atom stereocenters. The fraction of sp³-hybridized carbons (Fsp3) is 1.00. The largest absolute Gasteiger partial charge is 0.423 e. The van der Waals surface area contributed by atoms with Crippen LogP contribution in [0.15, 0.2) is 0 Å². The highest BCUT2D eigenvalue weighted by Gasteiger charge is 2.05. The molecule has 0 aromatic heterocycles. The van der Waals surface area contributed by atoms with Gasteiger partial charge in [-0.05, 0) is 6.42 Å². The Hall–Kier alpha value is 0.137. The minimum atomic E-state index is 0.354. The molecule has 0 aliphatic rings. The van der Waals surface area contributed by atoms with Crippen LogP contribution >= 0.6 is 0 Å². The average Bonchev–Trinajstić information content (AvgIpc) is 2.74. The molecule has 0 fully saturated rings. The monoisotopic (exact) mass is 428 g/mol. The van der Waals surface area contributed by atoms with Crippen molar-refractivity contribution in [2.24, 2.45) is 0 Å². The number of hydrogen-bond acceptors (Lipinski definition) is 2. The first-order valence-electron chi connectivity index (χ1n) is 13.4. The van der Waals surface area contributed by atoms with E-state index in [1.54, 1.807) is 7.11 Å². The maximum atomic E-state index is 5.55. The molecule has 0 saturated heterocycles. The van der Waals surface area contributed by atoms with Gasteiger partial charge >= 0.3 is 0 Å². The zero-order valence-electron chi connectivity index (χ0n) is 20.7. The van der Waals surface area contributed by atoms with Crippen LogP contribution in [0.1, 0.15) is 148 Å². The number of rotatable bonds is 25. The van der Waals surface area contributed by atoms with Gasteiger partial charge in [0.05, 0.1) is 12.7 Å². The molecule has 0 aromatic carbocycles. The molecule has 0 spiro atoms. The van der Waals surface area contributed by atoms with E-state index in [2.05, 4.69) is 6.92 Å². The first-order valence-corrected chi connectivity index (χ1v) is 14.2. The molecule has 0 amide bonds. The summed E-state index contributed by atoms with van der Waals surface area (Å²) in [5.41, 5.74) is 0. The quantitative estimate of drug-likeness (QED) is 0.109. The second-order valence-corrected chi connectivity index (χ2v) is 9.64. The summed E-state index contributed by atoms with van der Waals surface area (Å²) in [5.74, 6) is 0. The van der Waals surface area contributed by atoms with Crippen LogP contribution in [0, 0.1) is 0 Å². The Labute approximate surface area is 187 Å². The predicted octanol–water partition coefficient (Wildman–Crippen LogP) is 7.90. The Bertz CT molecular complexity index is 286. The first kappa shape index (κ1) is 29.1. The lowest BCUT2D eigenvalue weighted by Gasteiger charge is -2.14. The van der Waals surface area contributed by atoms with Crippen LogP contribution in [0.5, 0.6) is 0 Å². The zero-order chi connectivity index (χ0) is 21.3. The van der Waals surface area contributed by atoms with Crippen LogP contribution in [-0.4, -0.2) is 30.3 Å². The van der Waals surface area contributed by atoms with E-state index in [0.717, 1.165) is 17.1 Å². The van der Waals surface area contributed by atoms with E-state index < -0.39 is 0 Å². The van der Waals surface area contributed by atoms with Gasteiger partial charge in [0.25, 0.3) is 0 Å². The summed E-state index contributed by atoms with van der Waals surface area (Å²) in [4.78, 5) is 0. The third-order valence-electron chi connectivity index (χ3n) is 6.32. The van der Waals surface area contributed by atoms with Gasteiger partial charge < -0.3 is 9.16 Å². The van der Waals surface area contributed by atoms with E-state index in [9.17, 15) is 0 Å². The van der Waals surface area contributed by atoms with Crippen LogP contribution in [0.4, 0.5) is 0 Å². The molecule has 29 heavy (non-hydrogen) atoms. The number of unbranched alkanes of at least 4 members (excludes halogenated alkanes) is 20. The van der Waals surface area contributed by atoms with Crippen LogP contribution in [-0.2, 0) is 9.16 Å². The van der Waals surface area contributed by atoms with Gasteiger partial charge in [0, 0.05) is 7.11 Å². The second-order valence-electron chi connectivity index (χ2n) is 9.17. The molecule has 0 radical (unpaired) electrons. The van der Waals surface area contributed by atoms with Crippen LogP contribution in [0.3, 0.4) is 0 Å². The highest BCUT2D eigenvalue weighted by molar-refractivity contribution is 5.98. The summed E-state index contributed by atoms with van der Waals surface area (Å²) in [6.45, 7) is 3.07. The molecular weight excluding hydrogens is 372 g/mol. The fourth-order valence-corrected chi connectivity index (χ4v) is 4.63. The highest BCUT2D eigenvalue weighted by atomic mass is 28.2. The van der Waals surface area contributed by atoms with E-state index >= 15 is 0 Å². The Balaban J connectivity index is 3.06. The molecule has 0 rings (SSSR count). The van der Waals surface area contributed by atoms with E-state index in [0.29, 0.717) is 6.10 Å². The molecule has 0 aromatic rings. The lowest BCUT2D eigenvalue weighted by atomic mass is 10.0. The van der Waals surface area contributed by atoms with Gasteiger partial charge in [0.15, 0.2) is 0 Å². The van der Waals surface area contributed by atoms with Crippen LogP contribution in [0.2, 0.25) is 0 Å². The molecule has 176 valence electrons. The van der Waals surface area contributed by atoms with Gasteiger partial charge in [0.2, 0.25) is 0 Å². The molecular formula is C26H56O2Si. The van der Waals surface area contributed by atoms with Crippen molar-refractivity contribution in [2.75, 3.05) is 13.7 Å². The Morgan fingerprint density at radius 1 is 0.517 bits per heavy atom. The van der Waals surface area contributed by atoms with Crippen molar-refractivity contribution in [3.63, 3.8) is 0 Å². The SMILES string of the molecule is CCCCCCCCCCCCCCCCCCCCCCCC(COC)O[SiH3]. The standard InChI is InChI=1S/C26H56O2Si/c1-3-4-5-6-7-8-9-10-11-12-13-14-15-16-17-18-19-20-21-22-23-24-26(28-29)25-27-2/h26H,3-25H2,1-2,29H3. The van der Waals surface area contributed by atoms with Gasteiger partial charge in [-0.25, -0.2) is 0 Å². The first-order chi connectivity index (χ1) is 14.3. The minimum absolute atomic E-state index is 0.354. The Morgan fingerprint density at radius 2 is 0.828 bits per heavy atom. The van der Waals surface area contributed by atoms with Crippen LogP contribution < -0.4 is 0 Å². The third-order valence-corrected chi connectivity index (χ3v) is 6.98. The van der Waals surface area contributed by atoms with Crippen molar-refractivity contribution in [1.29, 1.82) is 0 Å². The third kappa shape index (κ3) is 24.3. The van der Waals surface area contributed by atoms with Crippen molar-refractivity contribution >= 4 is 10.5 Å². The molecule has 0 bridgehead atoms. The molecule has 3 heteroatoms. The Kier molecular flexibility index (Phi) is 26.3. The molecule has 0 aliphatic heterocycles. The normalized spacial score (nSPS) is 12.6. The fourth-order valence-electron chi connectivity index (χ4n) is 4.26. The van der Waals surface area contributed by atoms with Crippen molar-refractivity contribution in [3.8, 4) is 0 Å². The molecule has 0 saturated carbocycles. The maximum absolute atomic E-state index is 5.55. The summed E-state index contributed by atoms with van der Waals surface area (Å²) >= 11 is 0. The molecule has 2 nitrogen and oxygen atoms in total. The van der Waals surface area contributed by atoms with Crippen molar-refractivity contribution in [2.45, 2.75) is 154 Å². The van der Waals surface area contributed by atoms with E-state index in [1.165, 1.54) is 141 Å². The summed E-state index contributed by atoms with van der Waals surface area (Å²) in [6, 6.07) is 0. The van der Waals surface area contributed by atoms with Crippen molar-refractivity contribution in [3.05, 3.63) is 0 Å². The lowest BCUT2D eigenvalue weighted by molar-refractivity contribution is 0.0803. The topological polar surface area (TPSA) is 18.5 Å². The molecule has 0 heterocycles. The summed E-state index contributed by atoms with van der Waals surface area (Å²) in [6.07, 6.45) is 31.9. The lowest BCUT2D eigenvalue weighted by Crippen LogP contribution is -2.17. The maximum Gasteiger partial charge on any atom is 0.146 e. The van der Waals surface area contributed by atoms with E-state index in [-0.39, 0.29) is 0 Å². The average molecular weight is 429 g/mol. The van der Waals surface area contributed by atoms with Crippen LogP contribution in [0.25, 0.3) is 0 Å². The predicted molar refractivity (Wildman–Crippen MR) is 134 cm³/mol. The summed E-state index contributed by atoms with van der Waals surface area (Å²) < 4.78 is 10.7. The van der Waals surface area contributed by atoms with Gasteiger partial charge in [-0.1, -0.05) is 142 Å². The zero-order valence-corrected chi connectivity index (χ0v) is 22.7. The number of hydrogen-bond donors (Lipinski definition) is 0. The second kappa shape index (κ2) is 26.2. The van der Waals surface area contributed by atoms with Gasteiger partial charge in [-0.3, -0.25) is 0 Å². The minimum Gasteiger partial charge on any atom is -0.423 e. The Morgan fingerprint density at radius 3 is 1.10 bits per heavy atom.